The van der Waals surface area contributed by atoms with Crippen molar-refractivity contribution in [1.82, 2.24) is 20.0 Å². The molecular formula is C12H14N4O3S. The standard InChI is InChI=1S/C12H14N4O3S/c1-13-12(17)9-2-4-11(5-3-9)20(18,19)16-7-10-6-14-8-15-10/h2-6,8,16H,7H2,1H3,(H,13,17)(H,14,15). The lowest BCUT2D eigenvalue weighted by molar-refractivity contribution is 0.0963. The molecule has 0 aliphatic carbocycles. The topological polar surface area (TPSA) is 104 Å². The molecule has 20 heavy (non-hydrogen) atoms. The van der Waals surface area contributed by atoms with Gasteiger partial charge < -0.3 is 10.3 Å². The van der Waals surface area contributed by atoms with Gasteiger partial charge in [0.05, 0.1) is 17.8 Å². The van der Waals surface area contributed by atoms with Crippen molar-refractivity contribution in [3.05, 3.63) is 48.0 Å². The van der Waals surface area contributed by atoms with Crippen molar-refractivity contribution in [2.45, 2.75) is 11.4 Å². The minimum Gasteiger partial charge on any atom is -0.355 e. The highest BCUT2D eigenvalue weighted by atomic mass is 32.2. The Kier molecular flexibility index (Phi) is 4.16. The maximum atomic E-state index is 12.0. The normalized spacial score (nSPS) is 11.2. The molecule has 0 spiro atoms. The molecule has 0 fully saturated rings. The molecule has 0 saturated heterocycles. The third kappa shape index (κ3) is 3.22. The minimum absolute atomic E-state index is 0.102. The Labute approximate surface area is 116 Å². The zero-order valence-corrected chi connectivity index (χ0v) is 11.6. The van der Waals surface area contributed by atoms with Crippen LogP contribution in [0.2, 0.25) is 0 Å². The van der Waals surface area contributed by atoms with Crippen LogP contribution >= 0.6 is 0 Å². The van der Waals surface area contributed by atoms with Crippen LogP contribution in [0.1, 0.15) is 16.1 Å². The molecule has 0 radical (unpaired) electrons. The number of aromatic amines is 1. The molecular weight excluding hydrogens is 280 g/mol. The SMILES string of the molecule is CNC(=O)c1ccc(S(=O)(=O)NCc2cnc[nH]2)cc1. The van der Waals surface area contributed by atoms with Crippen LogP contribution in [0.15, 0.2) is 41.7 Å². The third-order valence-electron chi connectivity index (χ3n) is 2.66. The van der Waals surface area contributed by atoms with Crippen LogP contribution in [0, 0.1) is 0 Å². The quantitative estimate of drug-likeness (QED) is 0.735. The van der Waals surface area contributed by atoms with Crippen molar-refractivity contribution in [1.29, 1.82) is 0 Å². The molecule has 3 N–H and O–H groups in total. The van der Waals surface area contributed by atoms with Crippen LogP contribution in [-0.2, 0) is 16.6 Å². The lowest BCUT2D eigenvalue weighted by Crippen LogP contribution is -2.23. The molecule has 0 unspecified atom stereocenters. The fourth-order valence-corrected chi connectivity index (χ4v) is 2.57. The van der Waals surface area contributed by atoms with Gasteiger partial charge in [-0.1, -0.05) is 0 Å². The summed E-state index contributed by atoms with van der Waals surface area (Å²) in [5.41, 5.74) is 1.07. The van der Waals surface area contributed by atoms with Gasteiger partial charge in [-0.2, -0.15) is 0 Å². The van der Waals surface area contributed by atoms with Gasteiger partial charge in [-0.25, -0.2) is 18.1 Å². The number of amides is 1. The molecule has 7 nitrogen and oxygen atoms in total. The number of nitrogens with zero attached hydrogens (tertiary/aromatic N) is 1. The summed E-state index contributed by atoms with van der Waals surface area (Å²) in [6.45, 7) is 0.125. The van der Waals surface area contributed by atoms with Crippen molar-refractivity contribution in [2.24, 2.45) is 0 Å². The van der Waals surface area contributed by atoms with E-state index in [2.05, 4.69) is 20.0 Å². The second-order valence-corrected chi connectivity index (χ2v) is 5.77. The average molecular weight is 294 g/mol. The maximum Gasteiger partial charge on any atom is 0.251 e. The first-order chi connectivity index (χ1) is 9.53. The molecule has 8 heteroatoms. The van der Waals surface area contributed by atoms with Gasteiger partial charge in [-0.15, -0.1) is 0 Å². The highest BCUT2D eigenvalue weighted by Gasteiger charge is 2.14. The first-order valence-electron chi connectivity index (χ1n) is 5.82. The van der Waals surface area contributed by atoms with Crippen LogP contribution < -0.4 is 10.0 Å². The third-order valence-corrected chi connectivity index (χ3v) is 4.08. The van der Waals surface area contributed by atoms with Crippen molar-refractivity contribution in [2.75, 3.05) is 7.05 Å². The van der Waals surface area contributed by atoms with Gasteiger partial charge in [0.2, 0.25) is 10.0 Å². The van der Waals surface area contributed by atoms with Gasteiger partial charge in [-0.05, 0) is 24.3 Å². The Balaban J connectivity index is 2.11. The van der Waals surface area contributed by atoms with E-state index in [0.717, 1.165) is 0 Å². The van der Waals surface area contributed by atoms with Crippen molar-refractivity contribution in [3.63, 3.8) is 0 Å². The Morgan fingerprint density at radius 3 is 2.55 bits per heavy atom. The molecule has 1 heterocycles. The molecule has 2 rings (SSSR count). The summed E-state index contributed by atoms with van der Waals surface area (Å²) in [5, 5.41) is 2.47. The predicted octanol–water partition coefficient (Wildman–Crippen LogP) is 0.248. The fraction of sp³-hybridized carbons (Fsp3) is 0.167. The van der Waals surface area contributed by atoms with Gasteiger partial charge in [-0.3, -0.25) is 4.79 Å². The van der Waals surface area contributed by atoms with Crippen LogP contribution in [0.4, 0.5) is 0 Å². The summed E-state index contributed by atoms with van der Waals surface area (Å²) in [5.74, 6) is -0.264. The lowest BCUT2D eigenvalue weighted by Gasteiger charge is -2.06. The summed E-state index contributed by atoms with van der Waals surface area (Å²) >= 11 is 0. The smallest absolute Gasteiger partial charge is 0.251 e. The van der Waals surface area contributed by atoms with Crippen molar-refractivity contribution < 1.29 is 13.2 Å². The highest BCUT2D eigenvalue weighted by Crippen LogP contribution is 2.11. The van der Waals surface area contributed by atoms with Gasteiger partial charge in [0.15, 0.2) is 0 Å². The van der Waals surface area contributed by atoms with E-state index in [1.165, 1.54) is 43.8 Å². The Morgan fingerprint density at radius 2 is 2.00 bits per heavy atom. The van der Waals surface area contributed by atoms with E-state index in [1.807, 2.05) is 0 Å². The van der Waals surface area contributed by atoms with Crippen molar-refractivity contribution in [3.8, 4) is 0 Å². The molecule has 1 aromatic carbocycles. The van der Waals surface area contributed by atoms with Crippen LogP contribution in [0.5, 0.6) is 0 Å². The zero-order chi connectivity index (χ0) is 14.6. The van der Waals surface area contributed by atoms with E-state index in [1.54, 1.807) is 0 Å². The Bertz CT molecular complexity index is 678. The molecule has 0 aliphatic rings. The maximum absolute atomic E-state index is 12.0. The molecule has 1 amide bonds. The number of benzene rings is 1. The number of imidazole rings is 1. The number of sulfonamides is 1. The van der Waals surface area contributed by atoms with Gasteiger partial charge >= 0.3 is 0 Å². The average Bonchev–Trinajstić information content (AvgIpc) is 2.98. The second-order valence-electron chi connectivity index (χ2n) is 4.00. The number of H-pyrrole nitrogens is 1. The number of hydrogen-bond donors (Lipinski definition) is 3. The number of rotatable bonds is 5. The van der Waals surface area contributed by atoms with E-state index >= 15 is 0 Å². The molecule has 106 valence electrons. The number of hydrogen-bond acceptors (Lipinski definition) is 4. The Hall–Kier alpha value is -2.19. The molecule has 1 aromatic heterocycles. The van der Waals surface area contributed by atoms with Crippen LogP contribution in [0.3, 0.4) is 0 Å². The summed E-state index contributed by atoms with van der Waals surface area (Å²) in [7, 11) is -2.10. The van der Waals surface area contributed by atoms with E-state index in [0.29, 0.717) is 11.3 Å². The van der Waals surface area contributed by atoms with E-state index in [4.69, 9.17) is 0 Å². The summed E-state index contributed by atoms with van der Waals surface area (Å²) in [6.07, 6.45) is 3.01. The molecule has 0 atom stereocenters. The van der Waals surface area contributed by atoms with Gasteiger partial charge in [0.25, 0.3) is 5.91 Å². The van der Waals surface area contributed by atoms with Gasteiger partial charge in [0, 0.05) is 24.5 Å². The lowest BCUT2D eigenvalue weighted by atomic mass is 10.2. The molecule has 2 aromatic rings. The van der Waals surface area contributed by atoms with E-state index in [9.17, 15) is 13.2 Å². The number of carbonyl (C=O) groups excluding carboxylic acids is 1. The first-order valence-corrected chi connectivity index (χ1v) is 7.30. The molecule has 0 saturated carbocycles. The predicted molar refractivity (Wildman–Crippen MR) is 72.4 cm³/mol. The van der Waals surface area contributed by atoms with E-state index in [-0.39, 0.29) is 17.3 Å². The van der Waals surface area contributed by atoms with Crippen molar-refractivity contribution >= 4 is 15.9 Å². The number of aromatic nitrogens is 2. The molecule has 0 bridgehead atoms. The fourth-order valence-electron chi connectivity index (χ4n) is 1.57. The Morgan fingerprint density at radius 1 is 1.30 bits per heavy atom. The minimum atomic E-state index is -3.62. The summed E-state index contributed by atoms with van der Waals surface area (Å²) < 4.78 is 26.5. The van der Waals surface area contributed by atoms with Gasteiger partial charge in [0.1, 0.15) is 0 Å². The van der Waals surface area contributed by atoms with Crippen LogP contribution in [-0.4, -0.2) is 31.3 Å². The first kappa shape index (κ1) is 14.2. The monoisotopic (exact) mass is 294 g/mol. The van der Waals surface area contributed by atoms with Crippen LogP contribution in [0.25, 0.3) is 0 Å². The second kappa shape index (κ2) is 5.85. The number of carbonyl (C=O) groups is 1. The zero-order valence-electron chi connectivity index (χ0n) is 10.8. The molecule has 0 aliphatic heterocycles. The highest BCUT2D eigenvalue weighted by molar-refractivity contribution is 7.89. The van der Waals surface area contributed by atoms with E-state index < -0.39 is 10.0 Å². The number of nitrogens with one attached hydrogen (secondary N) is 3. The largest absolute Gasteiger partial charge is 0.355 e. The summed E-state index contributed by atoms with van der Waals surface area (Å²) in [4.78, 5) is 18.1. The summed E-state index contributed by atoms with van der Waals surface area (Å²) in [6, 6.07) is 5.70.